The Kier molecular flexibility index (Phi) is 4.03. The van der Waals surface area contributed by atoms with Crippen LogP contribution in [0.5, 0.6) is 0 Å². The summed E-state index contributed by atoms with van der Waals surface area (Å²) in [5, 5.41) is 3.07. The Hall–Kier alpha value is -2.74. The van der Waals surface area contributed by atoms with E-state index in [9.17, 15) is 13.6 Å². The third kappa shape index (κ3) is 2.90. The number of anilines is 1. The summed E-state index contributed by atoms with van der Waals surface area (Å²) in [5.41, 5.74) is 5.43. The monoisotopic (exact) mass is 392 g/mol. The number of alkyl halides is 2. The number of amidine groups is 1. The van der Waals surface area contributed by atoms with Gasteiger partial charge in [0, 0.05) is 11.9 Å². The highest BCUT2D eigenvalue weighted by molar-refractivity contribution is 6.30. The van der Waals surface area contributed by atoms with Gasteiger partial charge in [0.2, 0.25) is 0 Å². The van der Waals surface area contributed by atoms with Crippen molar-refractivity contribution in [2.45, 2.75) is 24.3 Å². The van der Waals surface area contributed by atoms with E-state index in [4.69, 9.17) is 22.1 Å². The van der Waals surface area contributed by atoms with E-state index in [0.29, 0.717) is 22.7 Å². The van der Waals surface area contributed by atoms with Crippen LogP contribution in [0.1, 0.15) is 28.0 Å². The Morgan fingerprint density at radius 3 is 2.85 bits per heavy atom. The van der Waals surface area contributed by atoms with Crippen molar-refractivity contribution in [3.63, 3.8) is 0 Å². The van der Waals surface area contributed by atoms with Crippen LogP contribution in [0, 0.1) is 0 Å². The molecular weight excluding hydrogens is 378 g/mol. The summed E-state index contributed by atoms with van der Waals surface area (Å²) in [7, 11) is 0. The minimum atomic E-state index is -3.21. The molecule has 1 spiro atoms. The van der Waals surface area contributed by atoms with Gasteiger partial charge in [-0.05, 0) is 48.2 Å². The van der Waals surface area contributed by atoms with Crippen molar-refractivity contribution in [1.82, 2.24) is 4.98 Å². The van der Waals surface area contributed by atoms with Gasteiger partial charge in [-0.25, -0.2) is 9.98 Å². The van der Waals surface area contributed by atoms with Crippen molar-refractivity contribution in [3.8, 4) is 0 Å². The number of aryl methyl sites for hydroxylation is 1. The molecule has 2 heterocycles. The van der Waals surface area contributed by atoms with Crippen LogP contribution in [0.4, 0.5) is 14.5 Å². The van der Waals surface area contributed by atoms with Gasteiger partial charge >= 0.3 is 5.92 Å². The first kappa shape index (κ1) is 17.7. The number of hydrogen-bond donors (Lipinski definition) is 2. The van der Waals surface area contributed by atoms with Crippen molar-refractivity contribution in [3.05, 3.63) is 58.4 Å². The molecule has 3 N–H and O–H groups in total. The summed E-state index contributed by atoms with van der Waals surface area (Å²) in [5.74, 6) is -3.68. The highest BCUT2D eigenvalue weighted by Crippen LogP contribution is 2.52. The number of ether oxygens (including phenoxy) is 1. The number of nitrogens with two attached hydrogens (primary N) is 1. The maximum absolute atomic E-state index is 14.7. The zero-order valence-corrected chi connectivity index (χ0v) is 14.8. The lowest BCUT2D eigenvalue weighted by molar-refractivity contribution is -0.121. The van der Waals surface area contributed by atoms with Gasteiger partial charge in [0.25, 0.3) is 11.9 Å². The molecule has 0 bridgehead atoms. The van der Waals surface area contributed by atoms with Crippen molar-refractivity contribution < 1.29 is 18.3 Å². The first-order valence-electron chi connectivity index (χ1n) is 8.23. The van der Waals surface area contributed by atoms with E-state index in [0.717, 1.165) is 5.56 Å². The number of amides is 1. The molecule has 2 aromatic rings. The van der Waals surface area contributed by atoms with E-state index in [1.165, 1.54) is 18.3 Å². The van der Waals surface area contributed by atoms with Crippen molar-refractivity contribution in [2.24, 2.45) is 10.7 Å². The maximum Gasteiger partial charge on any atom is 0.310 e. The average Bonchev–Trinajstić information content (AvgIpc) is 2.99. The first-order valence-corrected chi connectivity index (χ1v) is 8.61. The number of aromatic nitrogens is 1. The second kappa shape index (κ2) is 6.16. The number of aliphatic imine (C=N–C) groups is 1. The van der Waals surface area contributed by atoms with E-state index in [2.05, 4.69) is 15.3 Å². The van der Waals surface area contributed by atoms with Crippen LogP contribution < -0.4 is 11.1 Å². The number of hydrogen-bond acceptors (Lipinski definition) is 5. The molecule has 6 nitrogen and oxygen atoms in total. The van der Waals surface area contributed by atoms with Gasteiger partial charge < -0.3 is 15.8 Å². The number of fused-ring (bicyclic) bond motifs is 2. The fraction of sp³-hybridized carbons (Fsp3) is 0.278. The van der Waals surface area contributed by atoms with Crippen molar-refractivity contribution in [1.29, 1.82) is 0 Å². The first-order chi connectivity index (χ1) is 12.8. The van der Waals surface area contributed by atoms with Crippen LogP contribution in [0.15, 0.2) is 41.5 Å². The zero-order valence-electron chi connectivity index (χ0n) is 14.0. The second-order valence-electron chi connectivity index (χ2n) is 6.49. The molecule has 0 saturated carbocycles. The van der Waals surface area contributed by atoms with E-state index in [-0.39, 0.29) is 18.1 Å². The summed E-state index contributed by atoms with van der Waals surface area (Å²) >= 11 is 5.76. The van der Waals surface area contributed by atoms with Crippen LogP contribution in [0.3, 0.4) is 0 Å². The Morgan fingerprint density at radius 2 is 2.11 bits per heavy atom. The summed E-state index contributed by atoms with van der Waals surface area (Å²) in [6.45, 7) is -0.826. The molecular formula is C18H15ClF2N4O2. The molecule has 2 aliphatic rings. The lowest BCUT2D eigenvalue weighted by atomic mass is 9.85. The number of nitrogens with zero attached hydrogens (tertiary/aromatic N) is 2. The van der Waals surface area contributed by atoms with Crippen molar-refractivity contribution in [2.75, 3.05) is 11.9 Å². The Morgan fingerprint density at radius 1 is 1.30 bits per heavy atom. The summed E-state index contributed by atoms with van der Waals surface area (Å²) < 4.78 is 34.2. The second-order valence-corrected chi connectivity index (χ2v) is 6.93. The van der Waals surface area contributed by atoms with Crippen LogP contribution in [-0.4, -0.2) is 29.4 Å². The molecule has 0 saturated heterocycles. The molecule has 1 amide bonds. The van der Waals surface area contributed by atoms with Gasteiger partial charge in [0.15, 0.2) is 12.1 Å². The number of carbonyl (C=O) groups is 1. The number of nitrogens with one attached hydrogen (secondary N) is 1. The average molecular weight is 393 g/mol. The van der Waals surface area contributed by atoms with E-state index >= 15 is 0 Å². The third-order valence-electron chi connectivity index (χ3n) is 4.84. The highest BCUT2D eigenvalue weighted by atomic mass is 35.5. The van der Waals surface area contributed by atoms with E-state index in [1.807, 2.05) is 0 Å². The van der Waals surface area contributed by atoms with Crippen LogP contribution in [-0.2, 0) is 16.7 Å². The SMILES string of the molecule is NC1=N[C@@]2(CCc3ccc(NC(=O)c4ccc(Cl)cn4)cc32)C(F)(F)CO1. The Labute approximate surface area is 158 Å². The Bertz CT molecular complexity index is 949. The lowest BCUT2D eigenvalue weighted by Gasteiger charge is -2.37. The highest BCUT2D eigenvalue weighted by Gasteiger charge is 2.60. The van der Waals surface area contributed by atoms with Crippen LogP contribution in [0.25, 0.3) is 0 Å². The molecule has 1 aromatic carbocycles. The number of rotatable bonds is 2. The van der Waals surface area contributed by atoms with Crippen molar-refractivity contribution >= 4 is 29.2 Å². The molecule has 9 heteroatoms. The van der Waals surface area contributed by atoms with Gasteiger partial charge in [0.05, 0.1) is 5.02 Å². The van der Waals surface area contributed by atoms with Gasteiger partial charge in [-0.3, -0.25) is 4.79 Å². The molecule has 27 heavy (non-hydrogen) atoms. The number of pyridine rings is 1. The number of carbonyl (C=O) groups excluding carboxylic acids is 1. The minimum Gasteiger partial charge on any atom is -0.459 e. The topological polar surface area (TPSA) is 89.6 Å². The molecule has 1 aliphatic carbocycles. The number of halogens is 3. The van der Waals surface area contributed by atoms with E-state index in [1.54, 1.807) is 18.2 Å². The molecule has 1 aromatic heterocycles. The molecule has 1 atom stereocenters. The van der Waals surface area contributed by atoms with Crippen LogP contribution in [0.2, 0.25) is 5.02 Å². The van der Waals surface area contributed by atoms with E-state index < -0.39 is 24.0 Å². The fourth-order valence-electron chi connectivity index (χ4n) is 3.49. The predicted octanol–water partition coefficient (Wildman–Crippen LogP) is 3.11. The van der Waals surface area contributed by atoms with Gasteiger partial charge in [-0.1, -0.05) is 17.7 Å². The quantitative estimate of drug-likeness (QED) is 0.821. The molecule has 0 unspecified atom stereocenters. The smallest absolute Gasteiger partial charge is 0.310 e. The molecule has 0 fully saturated rings. The molecule has 0 radical (unpaired) electrons. The molecule has 4 rings (SSSR count). The summed E-state index contributed by atoms with van der Waals surface area (Å²) in [6.07, 6.45) is 1.92. The van der Waals surface area contributed by atoms with Gasteiger partial charge in [0.1, 0.15) is 5.69 Å². The maximum atomic E-state index is 14.7. The summed E-state index contributed by atoms with van der Waals surface area (Å²) in [4.78, 5) is 20.3. The predicted molar refractivity (Wildman–Crippen MR) is 96.2 cm³/mol. The molecule has 1 aliphatic heterocycles. The normalized spacial score (nSPS) is 22.7. The number of benzene rings is 1. The Balaban J connectivity index is 1.68. The van der Waals surface area contributed by atoms with Crippen LogP contribution >= 0.6 is 11.6 Å². The fourth-order valence-corrected chi connectivity index (χ4v) is 3.61. The lowest BCUT2D eigenvalue weighted by Crippen LogP contribution is -2.51. The largest absolute Gasteiger partial charge is 0.459 e. The zero-order chi connectivity index (χ0) is 19.2. The van der Waals surface area contributed by atoms with Gasteiger partial charge in [-0.2, -0.15) is 8.78 Å². The molecule has 140 valence electrons. The van der Waals surface area contributed by atoms with Gasteiger partial charge in [-0.15, -0.1) is 0 Å². The summed E-state index contributed by atoms with van der Waals surface area (Å²) in [6, 6.07) is 7.66. The minimum absolute atomic E-state index is 0.121. The standard InChI is InChI=1S/C18H15ClF2N4O2/c19-11-2-4-14(23-8-11)15(26)24-12-3-1-10-5-6-17(13(10)7-12)18(20,21)9-27-16(22)25-17/h1-4,7-8H,5-6,9H2,(H2,22,25)(H,24,26)/t17-/m1/s1. The third-order valence-corrected chi connectivity index (χ3v) is 5.06.